The number of benzene rings is 1. The molecule has 0 saturated carbocycles. The van der Waals surface area contributed by atoms with Gasteiger partial charge in [0.15, 0.2) is 12.1 Å². The summed E-state index contributed by atoms with van der Waals surface area (Å²) in [5.74, 6) is 1.90. The Morgan fingerprint density at radius 1 is 1.47 bits per heavy atom. The van der Waals surface area contributed by atoms with Crippen LogP contribution in [0.15, 0.2) is 24.3 Å². The first-order chi connectivity index (χ1) is 7.29. The lowest BCUT2D eigenvalue weighted by Gasteiger charge is -2.00. The standard InChI is InChI=1S/C12H8FNO/c1-2-7-14-10-6-4-3-5-9(10)12(13)11(14)8-15/h1,3-6,8H,7H2. The quantitative estimate of drug-likeness (QED) is 0.539. The number of hydrogen-bond acceptors (Lipinski definition) is 1. The van der Waals surface area contributed by atoms with Crippen LogP contribution in [0.25, 0.3) is 10.9 Å². The highest BCUT2D eigenvalue weighted by molar-refractivity contribution is 5.89. The summed E-state index contributed by atoms with van der Waals surface area (Å²) in [6, 6.07) is 6.87. The van der Waals surface area contributed by atoms with Gasteiger partial charge in [-0.1, -0.05) is 18.1 Å². The van der Waals surface area contributed by atoms with Gasteiger partial charge in [0.25, 0.3) is 0 Å². The van der Waals surface area contributed by atoms with Crippen LogP contribution in [0.2, 0.25) is 0 Å². The van der Waals surface area contributed by atoms with Crippen molar-refractivity contribution in [2.45, 2.75) is 6.54 Å². The molecule has 15 heavy (non-hydrogen) atoms. The van der Waals surface area contributed by atoms with Gasteiger partial charge in [-0.3, -0.25) is 4.79 Å². The van der Waals surface area contributed by atoms with Crippen LogP contribution < -0.4 is 0 Å². The third-order valence-electron chi connectivity index (χ3n) is 2.31. The molecule has 0 radical (unpaired) electrons. The van der Waals surface area contributed by atoms with Crippen molar-refractivity contribution in [1.29, 1.82) is 0 Å². The zero-order valence-electron chi connectivity index (χ0n) is 7.90. The summed E-state index contributed by atoms with van der Waals surface area (Å²) in [5, 5.41) is 0.426. The lowest BCUT2D eigenvalue weighted by atomic mass is 10.2. The lowest BCUT2D eigenvalue weighted by molar-refractivity contribution is 0.111. The minimum Gasteiger partial charge on any atom is -0.324 e. The van der Waals surface area contributed by atoms with Gasteiger partial charge in [-0.2, -0.15) is 0 Å². The summed E-state index contributed by atoms with van der Waals surface area (Å²) in [7, 11) is 0. The second-order valence-electron chi connectivity index (χ2n) is 3.12. The smallest absolute Gasteiger partial charge is 0.169 e. The molecule has 2 aromatic rings. The number of rotatable bonds is 2. The first-order valence-corrected chi connectivity index (χ1v) is 4.45. The fourth-order valence-electron chi connectivity index (χ4n) is 1.66. The number of hydrogen-bond donors (Lipinski definition) is 0. The fourth-order valence-corrected chi connectivity index (χ4v) is 1.66. The number of fused-ring (bicyclic) bond motifs is 1. The summed E-state index contributed by atoms with van der Waals surface area (Å²) in [5.41, 5.74) is 0.657. The maximum absolute atomic E-state index is 13.7. The Labute approximate surface area is 86.3 Å². The summed E-state index contributed by atoms with van der Waals surface area (Å²) >= 11 is 0. The van der Waals surface area contributed by atoms with Crippen molar-refractivity contribution < 1.29 is 9.18 Å². The molecule has 0 saturated heterocycles. The molecule has 0 bridgehead atoms. The first kappa shape index (κ1) is 9.47. The summed E-state index contributed by atoms with van der Waals surface area (Å²) in [4.78, 5) is 10.8. The molecule has 1 heterocycles. The fraction of sp³-hybridized carbons (Fsp3) is 0.0833. The van der Waals surface area contributed by atoms with Gasteiger partial charge in [0, 0.05) is 5.39 Å². The minimum atomic E-state index is -0.504. The Balaban J connectivity index is 2.86. The number of aldehydes is 1. The zero-order chi connectivity index (χ0) is 10.8. The Morgan fingerprint density at radius 3 is 2.87 bits per heavy atom. The first-order valence-electron chi connectivity index (χ1n) is 4.45. The molecule has 1 aromatic heterocycles. The molecule has 0 N–H and O–H groups in total. The van der Waals surface area contributed by atoms with Crippen molar-refractivity contribution in [2.24, 2.45) is 0 Å². The average Bonchev–Trinajstić information content (AvgIpc) is 2.54. The molecule has 2 nitrogen and oxygen atoms in total. The number of halogens is 1. The predicted octanol–water partition coefficient (Wildman–Crippen LogP) is 2.23. The van der Waals surface area contributed by atoms with E-state index in [2.05, 4.69) is 5.92 Å². The molecule has 0 aliphatic carbocycles. The monoisotopic (exact) mass is 201 g/mol. The van der Waals surface area contributed by atoms with Crippen molar-refractivity contribution in [3.8, 4) is 12.3 Å². The molecule has 0 unspecified atom stereocenters. The molecule has 0 fully saturated rings. The molecule has 0 aliphatic heterocycles. The van der Waals surface area contributed by atoms with Gasteiger partial charge in [-0.05, 0) is 12.1 Å². The second-order valence-corrected chi connectivity index (χ2v) is 3.12. The highest BCUT2D eigenvalue weighted by Gasteiger charge is 2.14. The molecule has 0 spiro atoms. The number of nitrogens with zero attached hydrogens (tertiary/aromatic N) is 1. The molecule has 74 valence electrons. The molecule has 1 aromatic carbocycles. The Morgan fingerprint density at radius 2 is 2.20 bits per heavy atom. The molecule has 0 amide bonds. The Kier molecular flexibility index (Phi) is 2.26. The van der Waals surface area contributed by atoms with Gasteiger partial charge in [0.1, 0.15) is 5.69 Å². The van der Waals surface area contributed by atoms with Crippen LogP contribution >= 0.6 is 0 Å². The van der Waals surface area contributed by atoms with E-state index in [1.54, 1.807) is 24.3 Å². The lowest BCUT2D eigenvalue weighted by Crippen LogP contribution is -2.01. The number of carbonyl (C=O) groups is 1. The van der Waals surface area contributed by atoms with E-state index < -0.39 is 5.82 Å². The van der Waals surface area contributed by atoms with Crippen molar-refractivity contribution >= 4 is 17.2 Å². The van der Waals surface area contributed by atoms with Crippen LogP contribution in [-0.4, -0.2) is 10.9 Å². The highest BCUT2D eigenvalue weighted by atomic mass is 19.1. The number of aromatic nitrogens is 1. The van der Waals surface area contributed by atoms with Crippen LogP contribution in [0.4, 0.5) is 4.39 Å². The van der Waals surface area contributed by atoms with Crippen LogP contribution in [0.5, 0.6) is 0 Å². The van der Waals surface area contributed by atoms with Crippen molar-refractivity contribution in [3.05, 3.63) is 35.8 Å². The Hall–Kier alpha value is -2.08. The van der Waals surface area contributed by atoms with E-state index in [4.69, 9.17) is 6.42 Å². The summed E-state index contributed by atoms with van der Waals surface area (Å²) in [6.07, 6.45) is 5.67. The van der Waals surface area contributed by atoms with E-state index in [0.717, 1.165) is 0 Å². The summed E-state index contributed by atoms with van der Waals surface area (Å²) < 4.78 is 15.2. The van der Waals surface area contributed by atoms with Gasteiger partial charge in [0.2, 0.25) is 0 Å². The van der Waals surface area contributed by atoms with Crippen molar-refractivity contribution in [2.75, 3.05) is 0 Å². The van der Waals surface area contributed by atoms with E-state index in [0.29, 0.717) is 17.2 Å². The molecular weight excluding hydrogens is 193 g/mol. The SMILES string of the molecule is C#CCn1c(C=O)c(F)c2ccccc21. The maximum atomic E-state index is 13.7. The summed E-state index contributed by atoms with van der Waals surface area (Å²) in [6.45, 7) is 0.193. The number of terminal acetylenes is 1. The molecule has 0 aliphatic rings. The number of para-hydroxylation sites is 1. The van der Waals surface area contributed by atoms with Crippen molar-refractivity contribution in [3.63, 3.8) is 0 Å². The topological polar surface area (TPSA) is 22.0 Å². The van der Waals surface area contributed by atoms with Crippen LogP contribution in [0.3, 0.4) is 0 Å². The van der Waals surface area contributed by atoms with E-state index >= 15 is 0 Å². The molecule has 0 atom stereocenters. The largest absolute Gasteiger partial charge is 0.324 e. The Bertz CT molecular complexity index is 563. The molecule has 3 heteroatoms. The van der Waals surface area contributed by atoms with Gasteiger partial charge >= 0.3 is 0 Å². The molecular formula is C12H8FNO. The second kappa shape index (κ2) is 3.58. The van der Waals surface area contributed by atoms with Crippen LogP contribution in [0.1, 0.15) is 10.5 Å². The van der Waals surface area contributed by atoms with E-state index in [-0.39, 0.29) is 12.2 Å². The van der Waals surface area contributed by atoms with Gasteiger partial charge in [-0.15, -0.1) is 6.42 Å². The average molecular weight is 201 g/mol. The van der Waals surface area contributed by atoms with Gasteiger partial charge in [-0.25, -0.2) is 4.39 Å². The third-order valence-corrected chi connectivity index (χ3v) is 2.31. The maximum Gasteiger partial charge on any atom is 0.169 e. The van der Waals surface area contributed by atoms with Gasteiger partial charge < -0.3 is 4.57 Å². The normalized spacial score (nSPS) is 10.1. The van der Waals surface area contributed by atoms with Crippen molar-refractivity contribution in [1.82, 2.24) is 4.57 Å². The van der Waals surface area contributed by atoms with E-state index in [9.17, 15) is 9.18 Å². The minimum absolute atomic E-state index is 0.00847. The van der Waals surface area contributed by atoms with E-state index in [1.807, 2.05) is 0 Å². The zero-order valence-corrected chi connectivity index (χ0v) is 7.90. The van der Waals surface area contributed by atoms with Crippen LogP contribution in [0, 0.1) is 18.2 Å². The van der Waals surface area contributed by atoms with E-state index in [1.165, 1.54) is 4.57 Å². The molecule has 2 rings (SSSR count). The predicted molar refractivity (Wildman–Crippen MR) is 56.1 cm³/mol. The van der Waals surface area contributed by atoms with Gasteiger partial charge in [0.05, 0.1) is 12.1 Å². The van der Waals surface area contributed by atoms with Crippen LogP contribution in [-0.2, 0) is 6.54 Å². The number of carbonyl (C=O) groups excluding carboxylic acids is 1. The highest BCUT2D eigenvalue weighted by Crippen LogP contribution is 2.23. The third kappa shape index (κ3) is 1.31.